The predicted octanol–water partition coefficient (Wildman–Crippen LogP) is -0.203. The molecule has 0 aromatic carbocycles. The standard InChI is InChI=1S/C9H15NO4/c1-13-8(11)4-6-10-5-3-7(10)9(12)14-2/h7H,3-6H2,1-2H3. The minimum Gasteiger partial charge on any atom is -0.469 e. The van der Waals surface area contributed by atoms with Crippen LogP contribution >= 0.6 is 0 Å². The Labute approximate surface area is 83.0 Å². The van der Waals surface area contributed by atoms with E-state index in [-0.39, 0.29) is 18.0 Å². The molecular weight excluding hydrogens is 186 g/mol. The first-order chi connectivity index (χ1) is 6.69. The largest absolute Gasteiger partial charge is 0.469 e. The van der Waals surface area contributed by atoms with Crippen molar-refractivity contribution in [3.8, 4) is 0 Å². The zero-order chi connectivity index (χ0) is 10.6. The summed E-state index contributed by atoms with van der Waals surface area (Å²) in [6.45, 7) is 1.41. The number of esters is 2. The molecule has 0 saturated carbocycles. The fraction of sp³-hybridized carbons (Fsp3) is 0.778. The summed E-state index contributed by atoms with van der Waals surface area (Å²) in [6.07, 6.45) is 1.14. The molecule has 1 rings (SSSR count). The van der Waals surface area contributed by atoms with Gasteiger partial charge in [-0.05, 0) is 6.42 Å². The summed E-state index contributed by atoms with van der Waals surface area (Å²) >= 11 is 0. The van der Waals surface area contributed by atoms with E-state index >= 15 is 0 Å². The Morgan fingerprint density at radius 1 is 1.36 bits per heavy atom. The summed E-state index contributed by atoms with van der Waals surface area (Å²) in [5, 5.41) is 0. The number of nitrogens with zero attached hydrogens (tertiary/aromatic N) is 1. The van der Waals surface area contributed by atoms with Crippen LogP contribution in [0.15, 0.2) is 0 Å². The van der Waals surface area contributed by atoms with Gasteiger partial charge in [-0.2, -0.15) is 0 Å². The van der Waals surface area contributed by atoms with E-state index in [2.05, 4.69) is 9.47 Å². The van der Waals surface area contributed by atoms with Crippen LogP contribution in [0.3, 0.4) is 0 Å². The Morgan fingerprint density at radius 2 is 2.07 bits per heavy atom. The Morgan fingerprint density at radius 3 is 2.50 bits per heavy atom. The van der Waals surface area contributed by atoms with Crippen molar-refractivity contribution in [2.45, 2.75) is 18.9 Å². The summed E-state index contributed by atoms with van der Waals surface area (Å²) in [5.74, 6) is -0.471. The van der Waals surface area contributed by atoms with Crippen LogP contribution in [0.2, 0.25) is 0 Å². The molecule has 0 aromatic rings. The first kappa shape index (κ1) is 11.0. The number of carbonyl (C=O) groups excluding carboxylic acids is 2. The summed E-state index contributed by atoms with van der Waals surface area (Å²) < 4.78 is 9.13. The van der Waals surface area contributed by atoms with Crippen molar-refractivity contribution in [3.63, 3.8) is 0 Å². The summed E-state index contributed by atoms with van der Waals surface area (Å²) in [7, 11) is 2.73. The second kappa shape index (κ2) is 4.95. The van der Waals surface area contributed by atoms with Gasteiger partial charge in [0.2, 0.25) is 0 Å². The van der Waals surface area contributed by atoms with Gasteiger partial charge < -0.3 is 9.47 Å². The first-order valence-corrected chi connectivity index (χ1v) is 4.57. The maximum Gasteiger partial charge on any atom is 0.323 e. The maximum absolute atomic E-state index is 11.1. The average molecular weight is 201 g/mol. The number of hydrogen-bond donors (Lipinski definition) is 0. The van der Waals surface area contributed by atoms with E-state index in [1.165, 1.54) is 14.2 Å². The van der Waals surface area contributed by atoms with Gasteiger partial charge in [-0.25, -0.2) is 0 Å². The molecule has 0 bridgehead atoms. The molecule has 5 nitrogen and oxygen atoms in total. The molecule has 1 unspecified atom stereocenters. The van der Waals surface area contributed by atoms with Crippen LogP contribution in [-0.2, 0) is 19.1 Å². The molecular formula is C9H15NO4. The van der Waals surface area contributed by atoms with Crippen molar-refractivity contribution < 1.29 is 19.1 Å². The van der Waals surface area contributed by atoms with E-state index in [1.807, 2.05) is 4.90 Å². The molecule has 1 fully saturated rings. The lowest BCUT2D eigenvalue weighted by molar-refractivity contribution is -0.153. The van der Waals surface area contributed by atoms with Gasteiger partial charge in [0, 0.05) is 13.1 Å². The van der Waals surface area contributed by atoms with Gasteiger partial charge in [-0.3, -0.25) is 14.5 Å². The van der Waals surface area contributed by atoms with E-state index in [0.29, 0.717) is 13.0 Å². The molecule has 1 atom stereocenters. The highest BCUT2D eigenvalue weighted by Gasteiger charge is 2.34. The molecule has 0 amide bonds. The summed E-state index contributed by atoms with van der Waals surface area (Å²) in [6, 6.07) is -0.162. The Kier molecular flexibility index (Phi) is 3.88. The van der Waals surface area contributed by atoms with Crippen molar-refractivity contribution in [2.75, 3.05) is 27.3 Å². The lowest BCUT2D eigenvalue weighted by atomic mass is 10.0. The number of likely N-dealkylation sites (tertiary alicyclic amines) is 1. The highest BCUT2D eigenvalue weighted by Crippen LogP contribution is 2.18. The van der Waals surface area contributed by atoms with Crippen LogP contribution in [0.5, 0.6) is 0 Å². The molecule has 1 saturated heterocycles. The molecule has 1 heterocycles. The molecule has 1 aliphatic rings. The van der Waals surface area contributed by atoms with Crippen molar-refractivity contribution in [1.29, 1.82) is 0 Å². The van der Waals surface area contributed by atoms with Crippen LogP contribution in [0, 0.1) is 0 Å². The molecule has 0 spiro atoms. The third-order valence-electron chi connectivity index (χ3n) is 2.43. The zero-order valence-electron chi connectivity index (χ0n) is 8.49. The fourth-order valence-electron chi connectivity index (χ4n) is 1.45. The third kappa shape index (κ3) is 2.45. The molecule has 5 heteroatoms. The van der Waals surface area contributed by atoms with Crippen LogP contribution in [-0.4, -0.2) is 50.2 Å². The minimum absolute atomic E-state index is 0.162. The summed E-state index contributed by atoms with van der Waals surface area (Å²) in [4.78, 5) is 23.9. The molecule has 80 valence electrons. The lowest BCUT2D eigenvalue weighted by Gasteiger charge is -2.38. The molecule has 0 radical (unpaired) electrons. The fourth-order valence-corrected chi connectivity index (χ4v) is 1.45. The number of methoxy groups -OCH3 is 2. The number of carbonyl (C=O) groups is 2. The Bertz CT molecular complexity index is 229. The van der Waals surface area contributed by atoms with Crippen LogP contribution < -0.4 is 0 Å². The second-order valence-corrected chi connectivity index (χ2v) is 3.19. The van der Waals surface area contributed by atoms with Gasteiger partial charge in [0.05, 0.1) is 20.6 Å². The highest BCUT2D eigenvalue weighted by molar-refractivity contribution is 5.77. The van der Waals surface area contributed by atoms with Gasteiger partial charge >= 0.3 is 11.9 Å². The van der Waals surface area contributed by atoms with E-state index in [0.717, 1.165) is 13.0 Å². The molecule has 0 aromatic heterocycles. The molecule has 14 heavy (non-hydrogen) atoms. The highest BCUT2D eigenvalue weighted by atomic mass is 16.5. The third-order valence-corrected chi connectivity index (χ3v) is 2.43. The monoisotopic (exact) mass is 201 g/mol. The van der Waals surface area contributed by atoms with Crippen LogP contribution in [0.1, 0.15) is 12.8 Å². The predicted molar refractivity (Wildman–Crippen MR) is 48.6 cm³/mol. The van der Waals surface area contributed by atoms with E-state index in [1.54, 1.807) is 0 Å². The molecule has 1 aliphatic heterocycles. The van der Waals surface area contributed by atoms with Crippen LogP contribution in [0.4, 0.5) is 0 Å². The maximum atomic E-state index is 11.1. The zero-order valence-corrected chi connectivity index (χ0v) is 8.49. The summed E-state index contributed by atoms with van der Waals surface area (Å²) in [5.41, 5.74) is 0. The smallest absolute Gasteiger partial charge is 0.323 e. The van der Waals surface area contributed by atoms with E-state index < -0.39 is 0 Å². The molecule has 0 N–H and O–H groups in total. The van der Waals surface area contributed by atoms with Crippen LogP contribution in [0.25, 0.3) is 0 Å². The topological polar surface area (TPSA) is 55.8 Å². The van der Waals surface area contributed by atoms with Crippen molar-refractivity contribution in [3.05, 3.63) is 0 Å². The van der Waals surface area contributed by atoms with Gasteiger partial charge in [-0.1, -0.05) is 0 Å². The second-order valence-electron chi connectivity index (χ2n) is 3.19. The van der Waals surface area contributed by atoms with Gasteiger partial charge in [0.1, 0.15) is 6.04 Å². The molecule has 0 aliphatic carbocycles. The first-order valence-electron chi connectivity index (χ1n) is 4.57. The van der Waals surface area contributed by atoms with Crippen molar-refractivity contribution >= 4 is 11.9 Å². The van der Waals surface area contributed by atoms with E-state index in [9.17, 15) is 9.59 Å². The lowest BCUT2D eigenvalue weighted by Crippen LogP contribution is -2.53. The Balaban J connectivity index is 2.26. The quantitative estimate of drug-likeness (QED) is 0.589. The number of hydrogen-bond acceptors (Lipinski definition) is 5. The number of rotatable bonds is 4. The minimum atomic E-state index is -0.250. The normalized spacial score (nSPS) is 21.1. The number of ether oxygens (including phenoxy) is 2. The van der Waals surface area contributed by atoms with Gasteiger partial charge in [-0.15, -0.1) is 0 Å². The Hall–Kier alpha value is -1.10. The van der Waals surface area contributed by atoms with E-state index in [4.69, 9.17) is 0 Å². The van der Waals surface area contributed by atoms with Gasteiger partial charge in [0.15, 0.2) is 0 Å². The average Bonchev–Trinajstić information content (AvgIpc) is 2.15. The van der Waals surface area contributed by atoms with Crippen molar-refractivity contribution in [1.82, 2.24) is 4.90 Å². The van der Waals surface area contributed by atoms with Gasteiger partial charge in [0.25, 0.3) is 0 Å². The SMILES string of the molecule is COC(=O)CCN1CCC1C(=O)OC. The van der Waals surface area contributed by atoms with Crippen molar-refractivity contribution in [2.24, 2.45) is 0 Å².